The molecule has 82 valence electrons. The molecule has 0 amide bonds. The molecule has 0 atom stereocenters. The van der Waals surface area contributed by atoms with Crippen molar-refractivity contribution in [3.8, 4) is 0 Å². The van der Waals surface area contributed by atoms with Gasteiger partial charge in [0.2, 0.25) is 0 Å². The molecule has 0 saturated heterocycles. The fourth-order valence-electron chi connectivity index (χ4n) is 1.76. The van der Waals surface area contributed by atoms with Gasteiger partial charge in [-0.1, -0.05) is 24.6 Å². The van der Waals surface area contributed by atoms with Crippen LogP contribution in [0.25, 0.3) is 0 Å². The average molecular weight is 222 g/mol. The van der Waals surface area contributed by atoms with Gasteiger partial charge in [-0.2, -0.15) is 0 Å². The predicted molar refractivity (Wildman–Crippen MR) is 65.3 cm³/mol. The molecule has 0 radical (unpaired) electrons. The summed E-state index contributed by atoms with van der Waals surface area (Å²) in [5.41, 5.74) is 1.41. The molecule has 1 aliphatic rings. The minimum atomic E-state index is 0.294. The fraction of sp³-hybridized carbons (Fsp3) is 0.538. The number of aliphatic hydroxyl groups is 1. The van der Waals surface area contributed by atoms with E-state index in [1.165, 1.54) is 29.7 Å². The van der Waals surface area contributed by atoms with Gasteiger partial charge in [0.25, 0.3) is 0 Å². The van der Waals surface area contributed by atoms with E-state index in [1.807, 2.05) is 11.8 Å². The van der Waals surface area contributed by atoms with Crippen molar-refractivity contribution in [2.24, 2.45) is 0 Å². The van der Waals surface area contributed by atoms with Gasteiger partial charge in [-0.05, 0) is 37.3 Å². The third kappa shape index (κ3) is 2.99. The Bertz CT molecular complexity index is 307. The van der Waals surface area contributed by atoms with E-state index >= 15 is 0 Å². The summed E-state index contributed by atoms with van der Waals surface area (Å²) in [4.78, 5) is 1.43. The van der Waals surface area contributed by atoms with E-state index in [-0.39, 0.29) is 0 Å². The van der Waals surface area contributed by atoms with Gasteiger partial charge in [0.15, 0.2) is 0 Å². The van der Waals surface area contributed by atoms with Crippen LogP contribution in [-0.2, 0) is 6.42 Å². The standard InChI is InChI=1S/C13H18OS/c14-10-4-6-11-5-1-2-9-13(11)15-12-7-3-8-12/h1-2,5,9,12,14H,3-4,6-8,10H2. The first kappa shape index (κ1) is 11.0. The number of benzene rings is 1. The van der Waals surface area contributed by atoms with Crippen molar-refractivity contribution in [2.45, 2.75) is 42.2 Å². The lowest BCUT2D eigenvalue weighted by atomic mass is 10.00. The van der Waals surface area contributed by atoms with Gasteiger partial charge >= 0.3 is 0 Å². The number of aliphatic hydroxyl groups excluding tert-OH is 1. The van der Waals surface area contributed by atoms with Gasteiger partial charge in [-0.25, -0.2) is 0 Å². The largest absolute Gasteiger partial charge is 0.396 e. The van der Waals surface area contributed by atoms with Crippen molar-refractivity contribution in [1.29, 1.82) is 0 Å². The van der Waals surface area contributed by atoms with Crippen molar-refractivity contribution in [2.75, 3.05) is 6.61 Å². The highest BCUT2D eigenvalue weighted by molar-refractivity contribution is 8.00. The molecule has 1 saturated carbocycles. The number of thioether (sulfide) groups is 1. The summed E-state index contributed by atoms with van der Waals surface area (Å²) in [6.07, 6.45) is 6.03. The first-order chi connectivity index (χ1) is 7.40. The molecular formula is C13H18OS. The topological polar surface area (TPSA) is 20.2 Å². The van der Waals surface area contributed by atoms with Crippen LogP contribution in [0.3, 0.4) is 0 Å². The quantitative estimate of drug-likeness (QED) is 0.825. The highest BCUT2D eigenvalue weighted by atomic mass is 32.2. The summed E-state index contributed by atoms with van der Waals surface area (Å²) in [6.45, 7) is 0.294. The molecule has 0 aliphatic heterocycles. The number of hydrogen-bond donors (Lipinski definition) is 1. The smallest absolute Gasteiger partial charge is 0.0434 e. The van der Waals surface area contributed by atoms with Crippen molar-refractivity contribution < 1.29 is 5.11 Å². The molecule has 1 N–H and O–H groups in total. The minimum absolute atomic E-state index is 0.294. The van der Waals surface area contributed by atoms with Crippen LogP contribution in [0.5, 0.6) is 0 Å². The van der Waals surface area contributed by atoms with Crippen molar-refractivity contribution >= 4 is 11.8 Å². The van der Waals surface area contributed by atoms with Crippen LogP contribution in [0.4, 0.5) is 0 Å². The monoisotopic (exact) mass is 222 g/mol. The summed E-state index contributed by atoms with van der Waals surface area (Å²) in [5, 5.41) is 9.70. The molecular weight excluding hydrogens is 204 g/mol. The molecule has 1 fully saturated rings. The maximum absolute atomic E-state index is 8.85. The Kier molecular flexibility index (Phi) is 4.09. The Hall–Kier alpha value is -0.470. The predicted octanol–water partition coefficient (Wildman–Crippen LogP) is 3.26. The van der Waals surface area contributed by atoms with Crippen LogP contribution in [-0.4, -0.2) is 17.0 Å². The van der Waals surface area contributed by atoms with Crippen LogP contribution in [0.15, 0.2) is 29.2 Å². The average Bonchev–Trinajstić information content (AvgIpc) is 2.22. The van der Waals surface area contributed by atoms with Crippen LogP contribution in [0.2, 0.25) is 0 Å². The summed E-state index contributed by atoms with van der Waals surface area (Å²) in [5.74, 6) is 0. The molecule has 0 heterocycles. The van der Waals surface area contributed by atoms with E-state index in [1.54, 1.807) is 0 Å². The van der Waals surface area contributed by atoms with Gasteiger partial charge in [0.1, 0.15) is 0 Å². The van der Waals surface area contributed by atoms with Crippen molar-refractivity contribution in [3.63, 3.8) is 0 Å². The lowest BCUT2D eigenvalue weighted by Gasteiger charge is -2.25. The maximum atomic E-state index is 8.85. The van der Waals surface area contributed by atoms with E-state index < -0.39 is 0 Å². The third-order valence-corrected chi connectivity index (χ3v) is 4.38. The Morgan fingerprint density at radius 1 is 1.27 bits per heavy atom. The molecule has 1 aliphatic carbocycles. The number of aryl methyl sites for hydroxylation is 1. The Balaban J connectivity index is 1.99. The zero-order valence-corrected chi connectivity index (χ0v) is 9.80. The Labute approximate surface area is 95.9 Å². The third-order valence-electron chi connectivity index (χ3n) is 2.92. The van der Waals surface area contributed by atoms with Crippen molar-refractivity contribution in [1.82, 2.24) is 0 Å². The molecule has 0 aromatic heterocycles. The molecule has 1 aromatic carbocycles. The minimum Gasteiger partial charge on any atom is -0.396 e. The van der Waals surface area contributed by atoms with Gasteiger partial charge in [-0.3, -0.25) is 0 Å². The molecule has 1 nitrogen and oxygen atoms in total. The highest BCUT2D eigenvalue weighted by Gasteiger charge is 2.19. The maximum Gasteiger partial charge on any atom is 0.0434 e. The van der Waals surface area contributed by atoms with E-state index in [0.29, 0.717) is 6.61 Å². The van der Waals surface area contributed by atoms with Gasteiger partial charge in [-0.15, -0.1) is 11.8 Å². The number of hydrogen-bond acceptors (Lipinski definition) is 2. The normalized spacial score (nSPS) is 16.3. The lowest BCUT2D eigenvalue weighted by Crippen LogP contribution is -2.13. The summed E-state index contributed by atoms with van der Waals surface area (Å²) in [7, 11) is 0. The molecule has 15 heavy (non-hydrogen) atoms. The Morgan fingerprint density at radius 3 is 2.73 bits per heavy atom. The summed E-state index contributed by atoms with van der Waals surface area (Å²) in [6, 6.07) is 8.62. The van der Waals surface area contributed by atoms with E-state index in [4.69, 9.17) is 5.11 Å². The van der Waals surface area contributed by atoms with Gasteiger partial charge in [0.05, 0.1) is 0 Å². The lowest BCUT2D eigenvalue weighted by molar-refractivity contribution is 0.288. The zero-order chi connectivity index (χ0) is 10.5. The summed E-state index contributed by atoms with van der Waals surface area (Å²) < 4.78 is 0. The first-order valence-corrected chi connectivity index (χ1v) is 6.63. The second-order valence-electron chi connectivity index (χ2n) is 4.11. The van der Waals surface area contributed by atoms with Crippen LogP contribution >= 0.6 is 11.8 Å². The summed E-state index contributed by atoms with van der Waals surface area (Å²) >= 11 is 2.03. The van der Waals surface area contributed by atoms with E-state index in [2.05, 4.69) is 24.3 Å². The first-order valence-electron chi connectivity index (χ1n) is 5.75. The molecule has 2 heteroatoms. The molecule has 2 rings (SSSR count). The van der Waals surface area contributed by atoms with Gasteiger partial charge < -0.3 is 5.11 Å². The molecule has 1 aromatic rings. The zero-order valence-electron chi connectivity index (χ0n) is 8.98. The van der Waals surface area contributed by atoms with Crippen molar-refractivity contribution in [3.05, 3.63) is 29.8 Å². The van der Waals surface area contributed by atoms with Crippen LogP contribution < -0.4 is 0 Å². The molecule has 0 unspecified atom stereocenters. The number of rotatable bonds is 5. The second kappa shape index (κ2) is 5.57. The Morgan fingerprint density at radius 2 is 2.07 bits per heavy atom. The SMILES string of the molecule is OCCCc1ccccc1SC1CCC1. The van der Waals surface area contributed by atoms with E-state index in [0.717, 1.165) is 18.1 Å². The second-order valence-corrected chi connectivity index (χ2v) is 5.45. The molecule has 0 bridgehead atoms. The molecule has 0 spiro atoms. The van der Waals surface area contributed by atoms with Gasteiger partial charge in [0, 0.05) is 16.8 Å². The fourth-order valence-corrected chi connectivity index (χ4v) is 3.17. The van der Waals surface area contributed by atoms with E-state index in [9.17, 15) is 0 Å². The highest BCUT2D eigenvalue weighted by Crippen LogP contribution is 2.37. The van der Waals surface area contributed by atoms with Crippen LogP contribution in [0, 0.1) is 0 Å². The van der Waals surface area contributed by atoms with Crippen LogP contribution in [0.1, 0.15) is 31.2 Å².